The smallest absolute Gasteiger partial charge is 0.127 e. The number of aliphatic hydroxyl groups excluding tert-OH is 1. The van der Waals surface area contributed by atoms with Crippen LogP contribution in [0.1, 0.15) is 17.7 Å². The highest BCUT2D eigenvalue weighted by molar-refractivity contribution is 5.78. The normalized spacial score (nSPS) is 18.6. The summed E-state index contributed by atoms with van der Waals surface area (Å²) in [6.07, 6.45) is 0.691. The molecule has 1 atom stereocenters. The molecule has 1 aliphatic heterocycles. The van der Waals surface area contributed by atoms with Crippen molar-refractivity contribution in [1.29, 1.82) is 0 Å². The number of hydrogen-bond acceptors (Lipinski definition) is 4. The summed E-state index contributed by atoms with van der Waals surface area (Å²) in [7, 11) is 0. The van der Waals surface area contributed by atoms with Crippen LogP contribution < -0.4 is 0 Å². The maximum atomic E-state index is 14.1. The molecule has 1 saturated heterocycles. The van der Waals surface area contributed by atoms with Crippen LogP contribution >= 0.6 is 0 Å². The Kier molecular flexibility index (Phi) is 5.95. The first-order valence-corrected chi connectivity index (χ1v) is 9.88. The van der Waals surface area contributed by atoms with E-state index in [0.29, 0.717) is 13.0 Å². The molecule has 1 fully saturated rings. The molecule has 1 aromatic heterocycles. The fourth-order valence-electron chi connectivity index (χ4n) is 4.00. The van der Waals surface area contributed by atoms with E-state index >= 15 is 0 Å². The summed E-state index contributed by atoms with van der Waals surface area (Å²) in [4.78, 5) is 9.46. The SMILES string of the molecule is OCC[C@@H]1CN(Cc2ccc3ccccc3n2)CCN1Cc1ccccc1F. The largest absolute Gasteiger partial charge is 0.396 e. The van der Waals surface area contributed by atoms with E-state index in [-0.39, 0.29) is 18.5 Å². The average Bonchev–Trinajstić information content (AvgIpc) is 2.71. The lowest BCUT2D eigenvalue weighted by Gasteiger charge is -2.41. The number of fused-ring (bicyclic) bond motifs is 1. The Morgan fingerprint density at radius 3 is 2.64 bits per heavy atom. The van der Waals surface area contributed by atoms with Crippen LogP contribution in [0.3, 0.4) is 0 Å². The van der Waals surface area contributed by atoms with Gasteiger partial charge in [0, 0.05) is 56.3 Å². The molecule has 0 amide bonds. The summed E-state index contributed by atoms with van der Waals surface area (Å²) in [6.45, 7) is 4.13. The summed E-state index contributed by atoms with van der Waals surface area (Å²) in [5.41, 5.74) is 2.80. The molecular weight excluding hydrogens is 353 g/mol. The quantitative estimate of drug-likeness (QED) is 0.712. The molecule has 5 heteroatoms. The van der Waals surface area contributed by atoms with Gasteiger partial charge in [-0.25, -0.2) is 4.39 Å². The highest BCUT2D eigenvalue weighted by atomic mass is 19.1. The van der Waals surface area contributed by atoms with E-state index in [1.807, 2.05) is 30.3 Å². The van der Waals surface area contributed by atoms with E-state index in [4.69, 9.17) is 4.98 Å². The molecule has 2 heterocycles. The van der Waals surface area contributed by atoms with Gasteiger partial charge in [-0.15, -0.1) is 0 Å². The molecule has 0 radical (unpaired) electrons. The van der Waals surface area contributed by atoms with Crippen molar-refractivity contribution in [3.05, 3.63) is 77.7 Å². The van der Waals surface area contributed by atoms with Crippen molar-refractivity contribution < 1.29 is 9.50 Å². The van der Waals surface area contributed by atoms with E-state index in [1.54, 1.807) is 6.07 Å². The first kappa shape index (κ1) is 19.0. The van der Waals surface area contributed by atoms with E-state index in [1.165, 1.54) is 6.07 Å². The zero-order valence-corrected chi connectivity index (χ0v) is 16.0. The van der Waals surface area contributed by atoms with Crippen LogP contribution in [0.5, 0.6) is 0 Å². The standard InChI is InChI=1S/C23H26FN3O/c24-22-7-3-1-6-19(22)15-27-13-12-26(17-21(27)11-14-28)16-20-10-9-18-5-2-4-8-23(18)25-20/h1-10,21,28H,11-17H2/t21-/m1/s1. The lowest BCUT2D eigenvalue weighted by molar-refractivity contribution is 0.0488. The van der Waals surface area contributed by atoms with Gasteiger partial charge < -0.3 is 5.11 Å². The highest BCUT2D eigenvalue weighted by Gasteiger charge is 2.27. The Hall–Kier alpha value is -2.34. The molecular formula is C23H26FN3O. The number of hydrogen-bond donors (Lipinski definition) is 1. The number of para-hydroxylation sites is 1. The molecule has 0 aliphatic carbocycles. The number of piperazine rings is 1. The molecule has 3 aromatic rings. The summed E-state index contributed by atoms with van der Waals surface area (Å²) >= 11 is 0. The maximum absolute atomic E-state index is 14.1. The topological polar surface area (TPSA) is 39.6 Å². The summed E-state index contributed by atoms with van der Waals surface area (Å²) in [5, 5.41) is 10.7. The molecule has 1 N–H and O–H groups in total. The fourth-order valence-corrected chi connectivity index (χ4v) is 4.00. The van der Waals surface area contributed by atoms with Gasteiger partial charge >= 0.3 is 0 Å². The van der Waals surface area contributed by atoms with Gasteiger partial charge in [0.25, 0.3) is 0 Å². The minimum Gasteiger partial charge on any atom is -0.396 e. The van der Waals surface area contributed by atoms with Crippen molar-refractivity contribution in [2.24, 2.45) is 0 Å². The maximum Gasteiger partial charge on any atom is 0.127 e. The highest BCUT2D eigenvalue weighted by Crippen LogP contribution is 2.20. The second-order valence-electron chi connectivity index (χ2n) is 7.46. The van der Waals surface area contributed by atoms with Gasteiger partial charge in [-0.3, -0.25) is 14.8 Å². The third kappa shape index (κ3) is 4.38. The monoisotopic (exact) mass is 379 g/mol. The minimum atomic E-state index is -0.159. The summed E-state index contributed by atoms with van der Waals surface area (Å²) in [5.74, 6) is -0.159. The van der Waals surface area contributed by atoms with Crippen LogP contribution in [-0.2, 0) is 13.1 Å². The van der Waals surface area contributed by atoms with Crippen molar-refractivity contribution in [1.82, 2.24) is 14.8 Å². The first-order valence-electron chi connectivity index (χ1n) is 9.88. The molecule has 0 saturated carbocycles. The van der Waals surface area contributed by atoms with Crippen LogP contribution in [0.25, 0.3) is 10.9 Å². The lowest BCUT2D eigenvalue weighted by atomic mass is 10.1. The molecule has 2 aromatic carbocycles. The molecule has 4 rings (SSSR count). The molecule has 28 heavy (non-hydrogen) atoms. The third-order valence-electron chi connectivity index (χ3n) is 5.52. The van der Waals surface area contributed by atoms with Crippen molar-refractivity contribution >= 4 is 10.9 Å². The van der Waals surface area contributed by atoms with Crippen LogP contribution in [0.15, 0.2) is 60.7 Å². The van der Waals surface area contributed by atoms with Crippen LogP contribution in [0.2, 0.25) is 0 Å². The summed E-state index contributed by atoms with van der Waals surface area (Å²) in [6, 6.07) is 19.5. The number of rotatable bonds is 6. The predicted octanol–water partition coefficient (Wildman–Crippen LogP) is 3.44. The second-order valence-corrected chi connectivity index (χ2v) is 7.46. The van der Waals surface area contributed by atoms with E-state index in [9.17, 15) is 9.50 Å². The van der Waals surface area contributed by atoms with E-state index < -0.39 is 0 Å². The Morgan fingerprint density at radius 1 is 0.964 bits per heavy atom. The van der Waals surface area contributed by atoms with Crippen molar-refractivity contribution in [2.45, 2.75) is 25.6 Å². The van der Waals surface area contributed by atoms with Gasteiger partial charge in [0.1, 0.15) is 5.82 Å². The van der Waals surface area contributed by atoms with Gasteiger partial charge in [-0.1, -0.05) is 42.5 Å². The van der Waals surface area contributed by atoms with E-state index in [2.05, 4.69) is 28.0 Å². The van der Waals surface area contributed by atoms with Crippen LogP contribution in [-0.4, -0.2) is 52.2 Å². The molecule has 0 spiro atoms. The lowest BCUT2D eigenvalue weighted by Crippen LogP contribution is -2.52. The number of nitrogens with zero attached hydrogens (tertiary/aromatic N) is 3. The molecule has 0 unspecified atom stereocenters. The van der Waals surface area contributed by atoms with Gasteiger partial charge in [0.2, 0.25) is 0 Å². The zero-order chi connectivity index (χ0) is 19.3. The van der Waals surface area contributed by atoms with E-state index in [0.717, 1.165) is 48.3 Å². The zero-order valence-electron chi connectivity index (χ0n) is 16.0. The molecule has 4 nitrogen and oxygen atoms in total. The van der Waals surface area contributed by atoms with Gasteiger partial charge in [0.15, 0.2) is 0 Å². The summed E-state index contributed by atoms with van der Waals surface area (Å²) < 4.78 is 14.1. The number of pyridine rings is 1. The number of aliphatic hydroxyl groups is 1. The number of aromatic nitrogens is 1. The number of halogens is 1. The Labute approximate surface area is 165 Å². The van der Waals surface area contributed by atoms with Gasteiger partial charge in [-0.05, 0) is 24.6 Å². The van der Waals surface area contributed by atoms with Gasteiger partial charge in [0.05, 0.1) is 11.2 Å². The number of benzene rings is 2. The van der Waals surface area contributed by atoms with Crippen LogP contribution in [0.4, 0.5) is 4.39 Å². The molecule has 146 valence electrons. The third-order valence-corrected chi connectivity index (χ3v) is 5.52. The molecule has 0 bridgehead atoms. The van der Waals surface area contributed by atoms with Crippen molar-refractivity contribution in [3.63, 3.8) is 0 Å². The minimum absolute atomic E-state index is 0.139. The second kappa shape index (κ2) is 8.78. The predicted molar refractivity (Wildman–Crippen MR) is 109 cm³/mol. The Bertz CT molecular complexity index is 932. The Morgan fingerprint density at radius 2 is 1.79 bits per heavy atom. The van der Waals surface area contributed by atoms with Crippen molar-refractivity contribution in [2.75, 3.05) is 26.2 Å². The van der Waals surface area contributed by atoms with Gasteiger partial charge in [-0.2, -0.15) is 0 Å². The van der Waals surface area contributed by atoms with Crippen LogP contribution in [0, 0.1) is 5.82 Å². The fraction of sp³-hybridized carbons (Fsp3) is 0.348. The first-order chi connectivity index (χ1) is 13.7. The van der Waals surface area contributed by atoms with Crippen molar-refractivity contribution in [3.8, 4) is 0 Å². The Balaban J connectivity index is 1.44. The molecule has 1 aliphatic rings. The average molecular weight is 379 g/mol.